The summed E-state index contributed by atoms with van der Waals surface area (Å²) < 4.78 is 0. The average molecular weight is 253 g/mol. The lowest BCUT2D eigenvalue weighted by Gasteiger charge is -2.29. The van der Waals surface area contributed by atoms with E-state index in [0.717, 1.165) is 18.8 Å². The van der Waals surface area contributed by atoms with Crippen LogP contribution in [0, 0.1) is 6.92 Å². The zero-order chi connectivity index (χ0) is 12.1. The predicted octanol–water partition coefficient (Wildman–Crippen LogP) is 2.46. The van der Waals surface area contributed by atoms with Gasteiger partial charge < -0.3 is 10.6 Å². The zero-order valence-corrected chi connectivity index (χ0v) is 11.7. The van der Waals surface area contributed by atoms with Crippen LogP contribution < -0.4 is 10.6 Å². The van der Waals surface area contributed by atoms with E-state index < -0.39 is 0 Å². The Morgan fingerprint density at radius 2 is 2.47 bits per heavy atom. The maximum Gasteiger partial charge on any atom is 0.107 e. The van der Waals surface area contributed by atoms with Gasteiger partial charge in [0.05, 0.1) is 0 Å². The Balaban J connectivity index is 1.79. The van der Waals surface area contributed by atoms with Gasteiger partial charge in [-0.1, -0.05) is 13.3 Å². The summed E-state index contributed by atoms with van der Waals surface area (Å²) in [4.78, 5) is 4.48. The van der Waals surface area contributed by atoms with Crippen molar-refractivity contribution in [2.75, 3.05) is 13.1 Å². The Labute approximate surface area is 108 Å². The molecule has 1 aromatic rings. The van der Waals surface area contributed by atoms with Crippen LogP contribution in [0.2, 0.25) is 0 Å². The van der Waals surface area contributed by atoms with Crippen molar-refractivity contribution in [1.29, 1.82) is 0 Å². The predicted molar refractivity (Wildman–Crippen MR) is 73.4 cm³/mol. The Kier molecular flexibility index (Phi) is 4.54. The van der Waals surface area contributed by atoms with Crippen molar-refractivity contribution < 1.29 is 0 Å². The molecule has 1 aliphatic heterocycles. The van der Waals surface area contributed by atoms with Gasteiger partial charge in [-0.15, -0.1) is 11.3 Å². The first-order valence-electron chi connectivity index (χ1n) is 6.61. The molecule has 1 unspecified atom stereocenters. The number of rotatable bonds is 6. The Morgan fingerprint density at radius 1 is 1.59 bits per heavy atom. The van der Waals surface area contributed by atoms with Gasteiger partial charge in [-0.2, -0.15) is 0 Å². The fourth-order valence-corrected chi connectivity index (χ4v) is 3.43. The van der Waals surface area contributed by atoms with Crippen molar-refractivity contribution in [3.63, 3.8) is 0 Å². The molecule has 0 radical (unpaired) electrons. The lowest BCUT2D eigenvalue weighted by molar-refractivity contribution is 0.324. The first-order valence-corrected chi connectivity index (χ1v) is 7.49. The molecule has 2 rings (SSSR count). The van der Waals surface area contributed by atoms with E-state index in [4.69, 9.17) is 0 Å². The second-order valence-corrected chi connectivity index (χ2v) is 5.99. The summed E-state index contributed by atoms with van der Waals surface area (Å²) in [5.74, 6) is 0. The number of hydrogen-bond acceptors (Lipinski definition) is 4. The first-order chi connectivity index (χ1) is 8.24. The third kappa shape index (κ3) is 3.50. The van der Waals surface area contributed by atoms with E-state index in [1.165, 1.54) is 37.2 Å². The van der Waals surface area contributed by atoms with E-state index in [1.807, 2.05) is 0 Å². The van der Waals surface area contributed by atoms with Crippen LogP contribution in [0.3, 0.4) is 0 Å². The molecule has 1 atom stereocenters. The van der Waals surface area contributed by atoms with Crippen LogP contribution in [-0.2, 0) is 6.54 Å². The Bertz CT molecular complexity index is 342. The second kappa shape index (κ2) is 5.94. The summed E-state index contributed by atoms with van der Waals surface area (Å²) in [6.45, 7) is 7.48. The van der Waals surface area contributed by atoms with Gasteiger partial charge in [-0.05, 0) is 32.7 Å². The molecule has 1 saturated heterocycles. The lowest BCUT2D eigenvalue weighted by Crippen LogP contribution is -2.48. The fraction of sp³-hybridized carbons (Fsp3) is 0.769. The normalized spacial score (nSPS) is 24.4. The molecule has 17 heavy (non-hydrogen) atoms. The van der Waals surface area contributed by atoms with Crippen LogP contribution in [0.5, 0.6) is 0 Å². The van der Waals surface area contributed by atoms with Crippen LogP contribution in [0.4, 0.5) is 0 Å². The third-order valence-corrected chi connectivity index (χ3v) is 4.43. The van der Waals surface area contributed by atoms with Crippen LogP contribution in [0.1, 0.15) is 43.3 Å². The highest BCUT2D eigenvalue weighted by atomic mass is 32.1. The lowest BCUT2D eigenvalue weighted by atomic mass is 9.92. The van der Waals surface area contributed by atoms with Gasteiger partial charge in [0.15, 0.2) is 0 Å². The van der Waals surface area contributed by atoms with Crippen LogP contribution >= 0.6 is 11.3 Å². The van der Waals surface area contributed by atoms with Gasteiger partial charge >= 0.3 is 0 Å². The van der Waals surface area contributed by atoms with Crippen molar-refractivity contribution in [1.82, 2.24) is 15.6 Å². The van der Waals surface area contributed by atoms with E-state index >= 15 is 0 Å². The van der Waals surface area contributed by atoms with Gasteiger partial charge in [0, 0.05) is 29.7 Å². The molecule has 0 aliphatic carbocycles. The maximum absolute atomic E-state index is 4.48. The van der Waals surface area contributed by atoms with E-state index in [9.17, 15) is 0 Å². The van der Waals surface area contributed by atoms with E-state index in [0.29, 0.717) is 5.54 Å². The van der Waals surface area contributed by atoms with Gasteiger partial charge in [0.25, 0.3) is 0 Å². The summed E-state index contributed by atoms with van der Waals surface area (Å²) in [5, 5.41) is 10.6. The highest BCUT2D eigenvalue weighted by Gasteiger charge is 2.31. The number of nitrogens with zero attached hydrogens (tertiary/aromatic N) is 1. The minimum atomic E-state index is 0.348. The monoisotopic (exact) mass is 253 g/mol. The van der Waals surface area contributed by atoms with Gasteiger partial charge in [-0.25, -0.2) is 4.98 Å². The van der Waals surface area contributed by atoms with E-state index in [1.54, 1.807) is 11.3 Å². The summed E-state index contributed by atoms with van der Waals surface area (Å²) in [7, 11) is 0. The van der Waals surface area contributed by atoms with Crippen molar-refractivity contribution in [2.45, 2.75) is 51.6 Å². The largest absolute Gasteiger partial charge is 0.310 e. The third-order valence-electron chi connectivity index (χ3n) is 3.47. The van der Waals surface area contributed by atoms with Crippen molar-refractivity contribution in [3.8, 4) is 0 Å². The molecule has 0 amide bonds. The quantitative estimate of drug-likeness (QED) is 0.818. The Hall–Kier alpha value is -0.450. The summed E-state index contributed by atoms with van der Waals surface area (Å²) in [6, 6.07) is 0. The second-order valence-electron chi connectivity index (χ2n) is 5.05. The van der Waals surface area contributed by atoms with Crippen molar-refractivity contribution in [3.05, 3.63) is 16.1 Å². The SMILES string of the molecule is CCCC1(CNCc2nc(C)cs2)CCCN1. The summed E-state index contributed by atoms with van der Waals surface area (Å²) in [6.07, 6.45) is 5.16. The highest BCUT2D eigenvalue weighted by molar-refractivity contribution is 7.09. The highest BCUT2D eigenvalue weighted by Crippen LogP contribution is 2.24. The Morgan fingerprint density at radius 3 is 3.06 bits per heavy atom. The molecule has 1 aromatic heterocycles. The molecule has 96 valence electrons. The molecule has 0 bridgehead atoms. The minimum absolute atomic E-state index is 0.348. The maximum atomic E-state index is 4.48. The topological polar surface area (TPSA) is 37.0 Å². The van der Waals surface area contributed by atoms with Crippen LogP contribution in [0.15, 0.2) is 5.38 Å². The first kappa shape index (κ1) is 13.0. The van der Waals surface area contributed by atoms with Crippen molar-refractivity contribution >= 4 is 11.3 Å². The summed E-state index contributed by atoms with van der Waals surface area (Å²) in [5.41, 5.74) is 1.48. The van der Waals surface area contributed by atoms with Crippen LogP contribution in [-0.4, -0.2) is 23.6 Å². The molecular weight excluding hydrogens is 230 g/mol. The van der Waals surface area contributed by atoms with Crippen LogP contribution in [0.25, 0.3) is 0 Å². The molecule has 0 spiro atoms. The molecule has 3 nitrogen and oxygen atoms in total. The molecule has 1 aliphatic rings. The molecule has 0 saturated carbocycles. The van der Waals surface area contributed by atoms with Gasteiger partial charge in [-0.3, -0.25) is 0 Å². The van der Waals surface area contributed by atoms with Gasteiger partial charge in [0.1, 0.15) is 5.01 Å². The standard InChI is InChI=1S/C13H23N3S/c1-3-5-13(6-4-7-15-13)10-14-8-12-16-11(2)9-17-12/h9,14-15H,3-8,10H2,1-2H3. The number of aryl methyl sites for hydroxylation is 1. The van der Waals surface area contributed by atoms with E-state index in [2.05, 4.69) is 34.8 Å². The van der Waals surface area contributed by atoms with Crippen molar-refractivity contribution in [2.24, 2.45) is 0 Å². The number of nitrogens with one attached hydrogen (secondary N) is 2. The molecular formula is C13H23N3S. The molecule has 0 aromatic carbocycles. The molecule has 4 heteroatoms. The average Bonchev–Trinajstić information content (AvgIpc) is 2.90. The number of thiazole rings is 1. The zero-order valence-electron chi connectivity index (χ0n) is 10.9. The number of hydrogen-bond donors (Lipinski definition) is 2. The minimum Gasteiger partial charge on any atom is -0.310 e. The van der Waals surface area contributed by atoms with E-state index in [-0.39, 0.29) is 0 Å². The van der Waals surface area contributed by atoms with Gasteiger partial charge in [0.2, 0.25) is 0 Å². The fourth-order valence-electron chi connectivity index (χ4n) is 2.69. The number of aromatic nitrogens is 1. The summed E-state index contributed by atoms with van der Waals surface area (Å²) >= 11 is 1.75. The molecule has 2 N–H and O–H groups in total. The molecule has 1 fully saturated rings. The molecule has 2 heterocycles. The smallest absolute Gasteiger partial charge is 0.107 e.